The summed E-state index contributed by atoms with van der Waals surface area (Å²) >= 11 is 0. The highest BCUT2D eigenvalue weighted by Crippen LogP contribution is 2.25. The van der Waals surface area contributed by atoms with Crippen LogP contribution in [0.5, 0.6) is 11.5 Å². The average molecular weight is 347 g/mol. The molecule has 0 amide bonds. The Morgan fingerprint density at radius 3 is 2.08 bits per heavy atom. The third kappa shape index (κ3) is 5.11. The highest BCUT2D eigenvalue weighted by Gasteiger charge is 2.09. The van der Waals surface area contributed by atoms with Gasteiger partial charge in [0.2, 0.25) is 0 Å². The van der Waals surface area contributed by atoms with Crippen LogP contribution in [0.1, 0.15) is 16.7 Å². The van der Waals surface area contributed by atoms with Crippen LogP contribution in [0.25, 0.3) is 0 Å². The van der Waals surface area contributed by atoms with Gasteiger partial charge in [0.1, 0.15) is 24.7 Å². The first-order chi connectivity index (χ1) is 12.7. The summed E-state index contributed by atoms with van der Waals surface area (Å²) in [5.74, 6) is 0.903. The van der Waals surface area contributed by atoms with Gasteiger partial charge in [-0.1, -0.05) is 66.7 Å². The van der Waals surface area contributed by atoms with Crippen molar-refractivity contribution in [1.29, 1.82) is 0 Å². The minimum Gasteiger partial charge on any atom is -0.488 e. The summed E-state index contributed by atoms with van der Waals surface area (Å²) in [5, 5.41) is 0. The van der Waals surface area contributed by atoms with Crippen LogP contribution < -0.4 is 9.47 Å². The number of carbonyl (C=O) groups is 1. The second-order valence-corrected chi connectivity index (χ2v) is 5.67. The molecule has 0 heterocycles. The predicted octanol–water partition coefficient (Wildman–Crippen LogP) is 5.16. The molecule has 0 aliphatic heterocycles. The molecule has 4 heteroatoms. The van der Waals surface area contributed by atoms with E-state index in [1.54, 1.807) is 18.2 Å². The van der Waals surface area contributed by atoms with Crippen molar-refractivity contribution in [1.82, 2.24) is 0 Å². The molecule has 0 aliphatic carbocycles. The van der Waals surface area contributed by atoms with E-state index in [2.05, 4.69) is 6.92 Å². The molecule has 0 bridgehead atoms. The molecule has 0 unspecified atom stereocenters. The Kier molecular flexibility index (Phi) is 5.88. The van der Waals surface area contributed by atoms with Gasteiger partial charge in [0, 0.05) is 6.07 Å². The van der Waals surface area contributed by atoms with Crippen molar-refractivity contribution in [3.8, 4) is 11.5 Å². The maximum Gasteiger partial charge on any atom is 0.514 e. The largest absolute Gasteiger partial charge is 0.514 e. The van der Waals surface area contributed by atoms with Gasteiger partial charge in [0.15, 0.2) is 0 Å². The molecule has 26 heavy (non-hydrogen) atoms. The molecule has 0 N–H and O–H groups in total. The smallest absolute Gasteiger partial charge is 0.488 e. The lowest BCUT2D eigenvalue weighted by atomic mass is 10.2. The first-order valence-electron chi connectivity index (χ1n) is 8.22. The van der Waals surface area contributed by atoms with E-state index in [4.69, 9.17) is 14.2 Å². The number of ether oxygens (including phenoxy) is 3. The normalized spacial score (nSPS) is 10.2. The monoisotopic (exact) mass is 347 g/mol. The Morgan fingerprint density at radius 1 is 0.808 bits per heavy atom. The molecule has 0 spiro atoms. The number of rotatable bonds is 6. The van der Waals surface area contributed by atoms with Gasteiger partial charge in [-0.2, -0.15) is 0 Å². The van der Waals surface area contributed by atoms with Crippen LogP contribution in [0.4, 0.5) is 4.79 Å². The van der Waals surface area contributed by atoms with Crippen molar-refractivity contribution >= 4 is 6.16 Å². The molecule has 3 aromatic carbocycles. The predicted molar refractivity (Wildman–Crippen MR) is 98.9 cm³/mol. The molecule has 0 saturated carbocycles. The second kappa shape index (κ2) is 8.72. The molecule has 4 nitrogen and oxygen atoms in total. The first kappa shape index (κ1) is 17.5. The van der Waals surface area contributed by atoms with Gasteiger partial charge in [-0.05, 0) is 29.7 Å². The summed E-state index contributed by atoms with van der Waals surface area (Å²) in [7, 11) is 0. The SMILES string of the molecule is [CH2]c1ccc(OC(=O)OCc2ccccc2)cc1OCc1ccccc1. The molecule has 1 radical (unpaired) electrons. The van der Waals surface area contributed by atoms with Crippen molar-refractivity contribution in [3.63, 3.8) is 0 Å². The van der Waals surface area contributed by atoms with E-state index in [-0.39, 0.29) is 6.61 Å². The molecule has 0 aromatic heterocycles. The van der Waals surface area contributed by atoms with Crippen molar-refractivity contribution < 1.29 is 19.0 Å². The zero-order chi connectivity index (χ0) is 18.2. The van der Waals surface area contributed by atoms with Gasteiger partial charge in [0.05, 0.1) is 0 Å². The standard InChI is InChI=1S/C22H19O4/c1-17-12-13-20(14-21(17)24-15-18-8-4-2-5-9-18)26-22(23)25-16-19-10-6-3-7-11-19/h2-14H,1,15-16H2. The highest BCUT2D eigenvalue weighted by atomic mass is 16.7. The molecule has 0 fully saturated rings. The van der Waals surface area contributed by atoms with Crippen LogP contribution in [-0.2, 0) is 18.0 Å². The maximum absolute atomic E-state index is 11.9. The van der Waals surface area contributed by atoms with Crippen molar-refractivity contribution in [2.45, 2.75) is 13.2 Å². The minimum atomic E-state index is -0.764. The molecule has 0 aliphatic rings. The van der Waals surface area contributed by atoms with E-state index < -0.39 is 6.16 Å². The molecular formula is C22H19O4. The van der Waals surface area contributed by atoms with Crippen LogP contribution in [0.3, 0.4) is 0 Å². The molecule has 3 aromatic rings. The third-order valence-corrected chi connectivity index (χ3v) is 3.68. The molecule has 131 valence electrons. The van der Waals surface area contributed by atoms with Crippen LogP contribution in [0.15, 0.2) is 78.9 Å². The van der Waals surface area contributed by atoms with E-state index in [0.29, 0.717) is 23.7 Å². The van der Waals surface area contributed by atoms with Gasteiger partial charge in [-0.25, -0.2) is 4.79 Å². The Bertz CT molecular complexity index is 845. The summed E-state index contributed by atoms with van der Waals surface area (Å²) in [4.78, 5) is 11.9. The molecular weight excluding hydrogens is 328 g/mol. The van der Waals surface area contributed by atoms with Crippen LogP contribution >= 0.6 is 0 Å². The second-order valence-electron chi connectivity index (χ2n) is 5.67. The molecule has 0 saturated heterocycles. The fourth-order valence-electron chi connectivity index (χ4n) is 2.31. The van der Waals surface area contributed by atoms with Crippen LogP contribution in [0.2, 0.25) is 0 Å². The maximum atomic E-state index is 11.9. The summed E-state index contributed by atoms with van der Waals surface area (Å²) in [6.45, 7) is 4.50. The summed E-state index contributed by atoms with van der Waals surface area (Å²) in [6, 6.07) is 24.2. The van der Waals surface area contributed by atoms with Gasteiger partial charge in [0.25, 0.3) is 0 Å². The topological polar surface area (TPSA) is 44.8 Å². The van der Waals surface area contributed by atoms with Gasteiger partial charge in [-0.15, -0.1) is 0 Å². The lowest BCUT2D eigenvalue weighted by Gasteiger charge is -2.11. The zero-order valence-corrected chi connectivity index (χ0v) is 14.3. The fraction of sp³-hybridized carbons (Fsp3) is 0.0909. The van der Waals surface area contributed by atoms with E-state index in [0.717, 1.165) is 11.1 Å². The van der Waals surface area contributed by atoms with E-state index in [1.807, 2.05) is 60.7 Å². The van der Waals surface area contributed by atoms with Crippen molar-refractivity contribution in [3.05, 3.63) is 102 Å². The lowest BCUT2D eigenvalue weighted by Crippen LogP contribution is -2.10. The van der Waals surface area contributed by atoms with Gasteiger partial charge < -0.3 is 14.2 Å². The summed E-state index contributed by atoms with van der Waals surface area (Å²) < 4.78 is 16.1. The van der Waals surface area contributed by atoms with Crippen molar-refractivity contribution in [2.75, 3.05) is 0 Å². The Morgan fingerprint density at radius 2 is 1.42 bits per heavy atom. The third-order valence-electron chi connectivity index (χ3n) is 3.68. The number of hydrogen-bond donors (Lipinski definition) is 0. The van der Waals surface area contributed by atoms with Crippen LogP contribution in [0, 0.1) is 6.92 Å². The quantitative estimate of drug-likeness (QED) is 0.456. The fourth-order valence-corrected chi connectivity index (χ4v) is 2.31. The Balaban J connectivity index is 1.57. The number of carbonyl (C=O) groups excluding carboxylic acids is 1. The Hall–Kier alpha value is -3.27. The van der Waals surface area contributed by atoms with E-state index in [1.165, 1.54) is 0 Å². The summed E-state index contributed by atoms with van der Waals surface area (Å²) in [5.41, 5.74) is 2.65. The Labute approximate surface area is 153 Å². The van der Waals surface area contributed by atoms with Crippen molar-refractivity contribution in [2.24, 2.45) is 0 Å². The average Bonchev–Trinajstić information content (AvgIpc) is 2.68. The zero-order valence-electron chi connectivity index (χ0n) is 14.3. The lowest BCUT2D eigenvalue weighted by molar-refractivity contribution is 0.0926. The molecule has 3 rings (SSSR count). The first-order valence-corrected chi connectivity index (χ1v) is 8.22. The number of benzene rings is 3. The molecule has 0 atom stereocenters. The highest BCUT2D eigenvalue weighted by molar-refractivity contribution is 5.64. The van der Waals surface area contributed by atoms with E-state index in [9.17, 15) is 4.79 Å². The number of hydrogen-bond acceptors (Lipinski definition) is 4. The minimum absolute atomic E-state index is 0.157. The van der Waals surface area contributed by atoms with Gasteiger partial charge >= 0.3 is 6.16 Å². The van der Waals surface area contributed by atoms with Gasteiger partial charge in [-0.3, -0.25) is 0 Å². The van der Waals surface area contributed by atoms with E-state index >= 15 is 0 Å². The summed E-state index contributed by atoms with van der Waals surface area (Å²) in [6.07, 6.45) is -0.764. The van der Waals surface area contributed by atoms with Crippen LogP contribution in [-0.4, -0.2) is 6.16 Å².